The SMILES string of the molecule is COc1cccc(NC(=O)N[C@@H](C)c2cc(C)c(C)cc2C)c1. The number of benzene rings is 2. The fourth-order valence-corrected chi connectivity index (χ4v) is 2.59. The first-order chi connectivity index (χ1) is 10.9. The van der Waals surface area contributed by atoms with E-state index in [0.717, 1.165) is 5.56 Å². The summed E-state index contributed by atoms with van der Waals surface area (Å²) >= 11 is 0. The summed E-state index contributed by atoms with van der Waals surface area (Å²) in [5, 5.41) is 5.81. The molecule has 0 unspecified atom stereocenters. The largest absolute Gasteiger partial charge is 0.497 e. The molecule has 4 heteroatoms. The average Bonchev–Trinajstić information content (AvgIpc) is 2.50. The van der Waals surface area contributed by atoms with Crippen LogP contribution in [-0.4, -0.2) is 13.1 Å². The Morgan fingerprint density at radius 3 is 2.43 bits per heavy atom. The number of rotatable bonds is 4. The maximum absolute atomic E-state index is 12.2. The monoisotopic (exact) mass is 312 g/mol. The van der Waals surface area contributed by atoms with Crippen LogP contribution in [0.4, 0.5) is 10.5 Å². The summed E-state index contributed by atoms with van der Waals surface area (Å²) in [6.07, 6.45) is 0. The average molecular weight is 312 g/mol. The molecule has 0 bridgehead atoms. The number of amides is 2. The molecule has 2 N–H and O–H groups in total. The second-order valence-corrected chi connectivity index (χ2v) is 5.85. The van der Waals surface area contributed by atoms with Crippen molar-refractivity contribution in [2.24, 2.45) is 0 Å². The fraction of sp³-hybridized carbons (Fsp3) is 0.316. The van der Waals surface area contributed by atoms with E-state index in [2.05, 4.69) is 43.5 Å². The van der Waals surface area contributed by atoms with Crippen molar-refractivity contribution in [3.8, 4) is 5.75 Å². The van der Waals surface area contributed by atoms with E-state index in [4.69, 9.17) is 4.74 Å². The summed E-state index contributed by atoms with van der Waals surface area (Å²) in [4.78, 5) is 12.2. The summed E-state index contributed by atoms with van der Waals surface area (Å²) in [5.74, 6) is 0.709. The zero-order valence-corrected chi connectivity index (χ0v) is 14.4. The minimum atomic E-state index is -0.233. The van der Waals surface area contributed by atoms with Crippen LogP contribution in [0.2, 0.25) is 0 Å². The molecule has 0 radical (unpaired) electrons. The Morgan fingerprint density at radius 1 is 1.04 bits per heavy atom. The fourth-order valence-electron chi connectivity index (χ4n) is 2.59. The molecule has 0 aromatic heterocycles. The lowest BCUT2D eigenvalue weighted by molar-refractivity contribution is 0.249. The van der Waals surface area contributed by atoms with Crippen molar-refractivity contribution in [1.29, 1.82) is 0 Å². The number of nitrogens with one attached hydrogen (secondary N) is 2. The zero-order chi connectivity index (χ0) is 17.0. The molecule has 0 aliphatic rings. The van der Waals surface area contributed by atoms with Crippen LogP contribution in [-0.2, 0) is 0 Å². The second kappa shape index (κ2) is 7.18. The highest BCUT2D eigenvalue weighted by atomic mass is 16.5. The molecule has 2 aromatic rings. The Hall–Kier alpha value is -2.49. The Labute approximate surface area is 137 Å². The van der Waals surface area contributed by atoms with E-state index in [1.165, 1.54) is 16.7 Å². The minimum Gasteiger partial charge on any atom is -0.497 e. The summed E-state index contributed by atoms with van der Waals surface area (Å²) in [6.45, 7) is 8.24. The van der Waals surface area contributed by atoms with Gasteiger partial charge in [0.25, 0.3) is 0 Å². The van der Waals surface area contributed by atoms with Crippen LogP contribution in [0.5, 0.6) is 5.75 Å². The number of methoxy groups -OCH3 is 1. The molecular weight excluding hydrogens is 288 g/mol. The van der Waals surface area contributed by atoms with E-state index in [-0.39, 0.29) is 12.1 Å². The van der Waals surface area contributed by atoms with E-state index in [1.807, 2.05) is 25.1 Å². The smallest absolute Gasteiger partial charge is 0.319 e. The van der Waals surface area contributed by atoms with Crippen molar-refractivity contribution in [2.75, 3.05) is 12.4 Å². The van der Waals surface area contributed by atoms with Gasteiger partial charge in [-0.3, -0.25) is 0 Å². The molecule has 0 saturated heterocycles. The summed E-state index contributed by atoms with van der Waals surface area (Å²) in [7, 11) is 1.60. The van der Waals surface area contributed by atoms with Gasteiger partial charge < -0.3 is 15.4 Å². The molecule has 0 heterocycles. The molecule has 122 valence electrons. The number of hydrogen-bond donors (Lipinski definition) is 2. The van der Waals surface area contributed by atoms with Crippen LogP contribution < -0.4 is 15.4 Å². The molecule has 2 rings (SSSR count). The standard InChI is InChI=1S/C19H24N2O2/c1-12-9-14(3)18(10-13(12)2)15(4)20-19(22)21-16-7-6-8-17(11-16)23-5/h6-11,15H,1-5H3,(H2,20,21,22)/t15-/m0/s1. The molecule has 4 nitrogen and oxygen atoms in total. The predicted molar refractivity (Wildman–Crippen MR) is 94.2 cm³/mol. The van der Waals surface area contributed by atoms with Gasteiger partial charge >= 0.3 is 6.03 Å². The highest BCUT2D eigenvalue weighted by Crippen LogP contribution is 2.22. The number of aryl methyl sites for hydroxylation is 3. The number of urea groups is 1. The van der Waals surface area contributed by atoms with Crippen LogP contribution in [0, 0.1) is 20.8 Å². The van der Waals surface area contributed by atoms with Crippen molar-refractivity contribution >= 4 is 11.7 Å². The quantitative estimate of drug-likeness (QED) is 0.873. The Kier molecular flexibility index (Phi) is 5.27. The number of hydrogen-bond acceptors (Lipinski definition) is 2. The number of carbonyl (C=O) groups is 1. The van der Waals surface area contributed by atoms with Crippen molar-refractivity contribution < 1.29 is 9.53 Å². The van der Waals surface area contributed by atoms with Gasteiger partial charge in [-0.2, -0.15) is 0 Å². The van der Waals surface area contributed by atoms with Crippen LogP contribution in [0.25, 0.3) is 0 Å². The lowest BCUT2D eigenvalue weighted by atomic mass is 9.97. The molecule has 0 aliphatic heterocycles. The van der Waals surface area contributed by atoms with Gasteiger partial charge in [-0.1, -0.05) is 18.2 Å². The molecular formula is C19H24N2O2. The molecule has 23 heavy (non-hydrogen) atoms. The van der Waals surface area contributed by atoms with E-state index in [9.17, 15) is 4.79 Å². The van der Waals surface area contributed by atoms with Crippen LogP contribution in [0.3, 0.4) is 0 Å². The van der Waals surface area contributed by atoms with E-state index in [1.54, 1.807) is 13.2 Å². The number of ether oxygens (including phenoxy) is 1. The lowest BCUT2D eigenvalue weighted by Crippen LogP contribution is -2.31. The maximum atomic E-state index is 12.2. The molecule has 1 atom stereocenters. The first kappa shape index (κ1) is 16.9. The first-order valence-corrected chi connectivity index (χ1v) is 7.70. The van der Waals surface area contributed by atoms with Gasteiger partial charge in [0.05, 0.1) is 13.2 Å². The van der Waals surface area contributed by atoms with Gasteiger partial charge in [0, 0.05) is 11.8 Å². The van der Waals surface area contributed by atoms with Gasteiger partial charge in [0.2, 0.25) is 0 Å². The highest BCUT2D eigenvalue weighted by Gasteiger charge is 2.13. The van der Waals surface area contributed by atoms with Gasteiger partial charge in [-0.25, -0.2) is 4.79 Å². The van der Waals surface area contributed by atoms with Gasteiger partial charge in [-0.05, 0) is 62.1 Å². The van der Waals surface area contributed by atoms with E-state index >= 15 is 0 Å². The summed E-state index contributed by atoms with van der Waals surface area (Å²) in [5.41, 5.74) is 5.51. The topological polar surface area (TPSA) is 50.4 Å². The summed E-state index contributed by atoms with van der Waals surface area (Å²) < 4.78 is 5.16. The van der Waals surface area contributed by atoms with Gasteiger partial charge in [0.1, 0.15) is 5.75 Å². The normalized spacial score (nSPS) is 11.7. The van der Waals surface area contributed by atoms with E-state index in [0.29, 0.717) is 11.4 Å². The molecule has 2 aromatic carbocycles. The lowest BCUT2D eigenvalue weighted by Gasteiger charge is -2.19. The number of carbonyl (C=O) groups excluding carboxylic acids is 1. The van der Waals surface area contributed by atoms with Crippen LogP contribution in [0.1, 0.15) is 35.2 Å². The molecule has 0 saturated carbocycles. The van der Waals surface area contributed by atoms with Gasteiger partial charge in [0.15, 0.2) is 0 Å². The van der Waals surface area contributed by atoms with Crippen molar-refractivity contribution in [1.82, 2.24) is 5.32 Å². The molecule has 0 aliphatic carbocycles. The Bertz CT molecular complexity index is 711. The third kappa shape index (κ3) is 4.25. The van der Waals surface area contributed by atoms with Crippen LogP contribution >= 0.6 is 0 Å². The maximum Gasteiger partial charge on any atom is 0.319 e. The second-order valence-electron chi connectivity index (χ2n) is 5.85. The Balaban J connectivity index is 2.06. The molecule has 2 amide bonds. The first-order valence-electron chi connectivity index (χ1n) is 7.70. The van der Waals surface area contributed by atoms with Crippen molar-refractivity contribution in [3.63, 3.8) is 0 Å². The van der Waals surface area contributed by atoms with Crippen LogP contribution in [0.15, 0.2) is 36.4 Å². The highest BCUT2D eigenvalue weighted by molar-refractivity contribution is 5.89. The van der Waals surface area contributed by atoms with E-state index < -0.39 is 0 Å². The Morgan fingerprint density at radius 2 is 1.74 bits per heavy atom. The molecule has 0 spiro atoms. The minimum absolute atomic E-state index is 0.0695. The van der Waals surface area contributed by atoms with Crippen molar-refractivity contribution in [3.05, 3.63) is 58.7 Å². The summed E-state index contributed by atoms with van der Waals surface area (Å²) in [6, 6.07) is 11.3. The van der Waals surface area contributed by atoms with Gasteiger partial charge in [-0.15, -0.1) is 0 Å². The number of anilines is 1. The van der Waals surface area contributed by atoms with Crippen molar-refractivity contribution in [2.45, 2.75) is 33.7 Å². The predicted octanol–water partition coefficient (Wildman–Crippen LogP) is 4.50. The third-order valence-corrected chi connectivity index (χ3v) is 4.02. The molecule has 0 fully saturated rings. The third-order valence-electron chi connectivity index (χ3n) is 4.02. The zero-order valence-electron chi connectivity index (χ0n) is 14.4.